The number of aryl methyl sites for hydroxylation is 1. The minimum absolute atomic E-state index is 0.0459. The van der Waals surface area contributed by atoms with E-state index in [2.05, 4.69) is 37.0 Å². The van der Waals surface area contributed by atoms with Crippen molar-refractivity contribution in [3.8, 4) is 17.3 Å². The summed E-state index contributed by atoms with van der Waals surface area (Å²) in [6.45, 7) is 9.69. The maximum atomic E-state index is 14.0. The summed E-state index contributed by atoms with van der Waals surface area (Å²) < 4.78 is 7.40. The number of ether oxygens (including phenoxy) is 1. The maximum Gasteiger partial charge on any atom is 0.236 e. The van der Waals surface area contributed by atoms with Crippen LogP contribution in [-0.4, -0.2) is 111 Å². The number of hydrogen-bond donors (Lipinski definition) is 0. The number of carbonyl (C=O) groups excluding carboxylic acids is 2. The predicted octanol–water partition coefficient (Wildman–Crippen LogP) is 3.19. The molecule has 1 atom stereocenters. The summed E-state index contributed by atoms with van der Waals surface area (Å²) in [4.78, 5) is 54.2. The summed E-state index contributed by atoms with van der Waals surface area (Å²) in [6.07, 6.45) is 5.02. The number of fused-ring (bicyclic) bond motifs is 1. The van der Waals surface area contributed by atoms with Crippen molar-refractivity contribution in [2.24, 2.45) is 17.5 Å². The Hall–Kier alpha value is -5.17. The summed E-state index contributed by atoms with van der Waals surface area (Å²) in [5.41, 5.74) is 5.13. The molecule has 1 aromatic carbocycles. The van der Waals surface area contributed by atoms with E-state index >= 15 is 0 Å². The first-order chi connectivity index (χ1) is 24.2. The molecule has 3 saturated heterocycles. The van der Waals surface area contributed by atoms with Gasteiger partial charge in [0, 0.05) is 81.0 Å². The number of likely N-dealkylation sites (tertiary alicyclic amines) is 1. The van der Waals surface area contributed by atoms with E-state index in [1.165, 1.54) is 0 Å². The third kappa shape index (κ3) is 6.10. The van der Waals surface area contributed by atoms with Gasteiger partial charge in [-0.2, -0.15) is 5.10 Å². The Balaban J connectivity index is 0.858. The van der Waals surface area contributed by atoms with Crippen molar-refractivity contribution < 1.29 is 14.3 Å². The number of hydrogen-bond acceptors (Lipinski definition) is 10. The third-order valence-corrected chi connectivity index (χ3v) is 10.3. The van der Waals surface area contributed by atoms with E-state index < -0.39 is 5.41 Å². The van der Waals surface area contributed by atoms with Crippen LogP contribution in [-0.2, 0) is 23.2 Å². The number of pyridine rings is 2. The fourth-order valence-corrected chi connectivity index (χ4v) is 7.57. The van der Waals surface area contributed by atoms with E-state index in [-0.39, 0.29) is 17.9 Å². The number of aliphatic imine (C=N–C) groups is 1. The van der Waals surface area contributed by atoms with Crippen molar-refractivity contribution in [2.45, 2.75) is 39.3 Å². The van der Waals surface area contributed by atoms with Crippen molar-refractivity contribution in [1.82, 2.24) is 34.5 Å². The molecule has 3 fully saturated rings. The van der Waals surface area contributed by atoms with Gasteiger partial charge in [0.2, 0.25) is 17.7 Å². The number of rotatable bonds is 8. The molecule has 4 aliphatic heterocycles. The van der Waals surface area contributed by atoms with Crippen LogP contribution in [0.15, 0.2) is 66.0 Å². The van der Waals surface area contributed by atoms with Crippen molar-refractivity contribution in [3.63, 3.8) is 0 Å². The van der Waals surface area contributed by atoms with Crippen LogP contribution in [0.1, 0.15) is 43.5 Å². The Labute approximate surface area is 291 Å². The molecule has 0 saturated carbocycles. The van der Waals surface area contributed by atoms with Gasteiger partial charge in [-0.3, -0.25) is 29.1 Å². The summed E-state index contributed by atoms with van der Waals surface area (Å²) in [5.74, 6) is 2.17. The largest absolute Gasteiger partial charge is 0.475 e. The Morgan fingerprint density at radius 2 is 1.70 bits per heavy atom. The normalized spacial score (nSPS) is 20.7. The molecule has 4 aromatic rings. The topological polar surface area (TPSA) is 125 Å². The highest BCUT2D eigenvalue weighted by molar-refractivity contribution is 6.14. The molecule has 0 unspecified atom stereocenters. The Morgan fingerprint density at radius 3 is 2.42 bits per heavy atom. The molecule has 50 heavy (non-hydrogen) atoms. The average molecular weight is 675 g/mol. The van der Waals surface area contributed by atoms with Gasteiger partial charge in [-0.1, -0.05) is 6.07 Å². The highest BCUT2D eigenvalue weighted by atomic mass is 16.5. The molecule has 0 bridgehead atoms. The van der Waals surface area contributed by atoms with Crippen LogP contribution in [0.4, 0.5) is 11.5 Å². The predicted molar refractivity (Wildman–Crippen MR) is 189 cm³/mol. The zero-order valence-corrected chi connectivity index (χ0v) is 28.8. The minimum Gasteiger partial charge on any atom is -0.475 e. The molecule has 7 heterocycles. The minimum atomic E-state index is -0.482. The van der Waals surface area contributed by atoms with E-state index in [4.69, 9.17) is 14.7 Å². The van der Waals surface area contributed by atoms with E-state index in [1.807, 2.05) is 67.1 Å². The molecule has 258 valence electrons. The van der Waals surface area contributed by atoms with Crippen LogP contribution >= 0.6 is 0 Å². The Bertz CT molecular complexity index is 1930. The molecular weight excluding hydrogens is 632 g/mol. The smallest absolute Gasteiger partial charge is 0.236 e. The number of amides is 2. The second-order valence-electron chi connectivity index (χ2n) is 14.0. The van der Waals surface area contributed by atoms with Crippen LogP contribution < -0.4 is 14.5 Å². The number of aromatic nitrogens is 5. The second-order valence-corrected chi connectivity index (χ2v) is 14.0. The van der Waals surface area contributed by atoms with Crippen molar-refractivity contribution in [2.75, 3.05) is 62.2 Å². The van der Waals surface area contributed by atoms with Crippen LogP contribution in [0.5, 0.6) is 5.88 Å². The lowest BCUT2D eigenvalue weighted by Gasteiger charge is -2.37. The SMILES string of the molecule is CC(C)Oc1ccc(C2=NCc3ccc(N4CC[C@]5(CCN(CC(=O)N6CCN(c7ccc(-c8ncn(C)n8)cc7)CC6)C5)C4=O)nc32)cn1. The summed E-state index contributed by atoms with van der Waals surface area (Å²) in [7, 11) is 1.86. The number of nitrogens with zero attached hydrogens (tertiary/aromatic N) is 10. The van der Waals surface area contributed by atoms with Crippen molar-refractivity contribution in [3.05, 3.63) is 77.9 Å². The van der Waals surface area contributed by atoms with E-state index in [1.54, 1.807) is 17.2 Å². The summed E-state index contributed by atoms with van der Waals surface area (Å²) in [5, 5.41) is 4.38. The third-order valence-electron chi connectivity index (χ3n) is 10.3. The monoisotopic (exact) mass is 674 g/mol. The van der Waals surface area contributed by atoms with Gasteiger partial charge in [0.1, 0.15) is 12.1 Å². The molecule has 2 amide bonds. The first kappa shape index (κ1) is 32.1. The average Bonchev–Trinajstić information content (AvgIpc) is 3.92. The van der Waals surface area contributed by atoms with Gasteiger partial charge in [0.15, 0.2) is 5.82 Å². The molecular formula is C37H42N10O3. The fourth-order valence-electron chi connectivity index (χ4n) is 7.57. The van der Waals surface area contributed by atoms with Gasteiger partial charge < -0.3 is 14.5 Å². The zero-order valence-electron chi connectivity index (χ0n) is 28.8. The quantitative estimate of drug-likeness (QED) is 0.277. The molecule has 8 rings (SSSR count). The zero-order chi connectivity index (χ0) is 34.4. The number of piperazine rings is 1. The molecule has 0 aliphatic carbocycles. The highest BCUT2D eigenvalue weighted by Gasteiger charge is 2.51. The first-order valence-corrected chi connectivity index (χ1v) is 17.5. The van der Waals surface area contributed by atoms with E-state index in [9.17, 15) is 9.59 Å². The molecule has 0 radical (unpaired) electrons. The molecule has 13 heteroatoms. The van der Waals surface area contributed by atoms with Crippen LogP contribution in [0.25, 0.3) is 11.4 Å². The van der Waals surface area contributed by atoms with Crippen molar-refractivity contribution in [1.29, 1.82) is 0 Å². The molecule has 1 spiro atoms. The van der Waals surface area contributed by atoms with Crippen molar-refractivity contribution >= 4 is 29.0 Å². The summed E-state index contributed by atoms with van der Waals surface area (Å²) >= 11 is 0. The second kappa shape index (κ2) is 12.9. The number of carbonyl (C=O) groups is 2. The van der Waals surface area contributed by atoms with Crippen LogP contribution in [0.3, 0.4) is 0 Å². The van der Waals surface area contributed by atoms with Crippen LogP contribution in [0, 0.1) is 5.41 Å². The van der Waals surface area contributed by atoms with Gasteiger partial charge in [-0.05, 0) is 69.6 Å². The lowest BCUT2D eigenvalue weighted by atomic mass is 9.85. The van der Waals surface area contributed by atoms with Gasteiger partial charge in [0.25, 0.3) is 0 Å². The molecule has 13 nitrogen and oxygen atoms in total. The lowest BCUT2D eigenvalue weighted by Crippen LogP contribution is -2.51. The van der Waals surface area contributed by atoms with Gasteiger partial charge in [0.05, 0.1) is 36.0 Å². The molecule has 3 aromatic heterocycles. The Morgan fingerprint density at radius 1 is 0.920 bits per heavy atom. The fraction of sp³-hybridized carbons (Fsp3) is 0.432. The van der Waals surface area contributed by atoms with E-state index in [0.29, 0.717) is 56.8 Å². The summed E-state index contributed by atoms with van der Waals surface area (Å²) in [6, 6.07) is 16.1. The first-order valence-electron chi connectivity index (χ1n) is 17.5. The maximum absolute atomic E-state index is 14.0. The number of anilines is 2. The standard InChI is InChI=1S/C37H42N10O3/c1-25(2)50-31-11-7-27(20-38-31)33-34-28(21-39-33)6-10-30(41-34)47-15-13-37(36(47)49)12-14-44(23-37)22-32(48)46-18-16-45(17-19-46)29-8-4-26(5-9-29)35-40-24-43(3)42-35/h4-11,20,24-25H,12-19,21-23H2,1-3H3/t37-/m0/s1. The Kier molecular flexibility index (Phi) is 8.30. The van der Waals surface area contributed by atoms with Gasteiger partial charge in [-0.15, -0.1) is 0 Å². The van der Waals surface area contributed by atoms with E-state index in [0.717, 1.165) is 66.3 Å². The van der Waals surface area contributed by atoms with Gasteiger partial charge in [-0.25, -0.2) is 15.0 Å². The molecule has 0 N–H and O–H groups in total. The highest BCUT2D eigenvalue weighted by Crippen LogP contribution is 2.42. The van der Waals surface area contributed by atoms with Crippen LogP contribution in [0.2, 0.25) is 0 Å². The lowest BCUT2D eigenvalue weighted by molar-refractivity contribution is -0.133. The molecule has 4 aliphatic rings. The number of benzene rings is 1. The van der Waals surface area contributed by atoms with Gasteiger partial charge >= 0.3 is 0 Å².